The second-order valence-electron chi connectivity index (χ2n) is 6.21. The lowest BCUT2D eigenvalue weighted by atomic mass is 9.89. The van der Waals surface area contributed by atoms with Crippen molar-refractivity contribution in [1.82, 2.24) is 10.2 Å². The third-order valence-electron chi connectivity index (χ3n) is 4.02. The van der Waals surface area contributed by atoms with Crippen LogP contribution in [0.2, 0.25) is 0 Å². The van der Waals surface area contributed by atoms with Crippen molar-refractivity contribution in [2.24, 2.45) is 5.41 Å². The van der Waals surface area contributed by atoms with E-state index in [4.69, 9.17) is 4.74 Å². The highest BCUT2D eigenvalue weighted by molar-refractivity contribution is 5.36. The lowest BCUT2D eigenvalue weighted by Gasteiger charge is -2.29. The number of aryl methyl sites for hydroxylation is 1. The monoisotopic (exact) mass is 262 g/mol. The summed E-state index contributed by atoms with van der Waals surface area (Å²) in [6.07, 6.45) is 1.28. The van der Waals surface area contributed by atoms with Crippen LogP contribution in [-0.4, -0.2) is 38.7 Å². The van der Waals surface area contributed by atoms with E-state index in [-0.39, 0.29) is 0 Å². The SMILES string of the molecule is COc1ccc(CN(C)CC2(C)CCNC2)cc1C. The Morgan fingerprint density at radius 1 is 1.42 bits per heavy atom. The van der Waals surface area contributed by atoms with Crippen molar-refractivity contribution < 1.29 is 4.74 Å². The molecule has 0 aromatic heterocycles. The molecule has 1 aliphatic rings. The number of rotatable bonds is 5. The molecule has 1 atom stereocenters. The van der Waals surface area contributed by atoms with Gasteiger partial charge in [-0.1, -0.05) is 19.1 Å². The minimum atomic E-state index is 0.427. The molecule has 1 unspecified atom stereocenters. The van der Waals surface area contributed by atoms with Crippen LogP contribution >= 0.6 is 0 Å². The molecule has 3 nitrogen and oxygen atoms in total. The third-order valence-corrected chi connectivity index (χ3v) is 4.02. The molecule has 19 heavy (non-hydrogen) atoms. The van der Waals surface area contributed by atoms with Crippen molar-refractivity contribution in [1.29, 1.82) is 0 Å². The van der Waals surface area contributed by atoms with Crippen LogP contribution in [0.5, 0.6) is 5.75 Å². The van der Waals surface area contributed by atoms with Crippen LogP contribution in [0.3, 0.4) is 0 Å². The third kappa shape index (κ3) is 3.71. The van der Waals surface area contributed by atoms with E-state index >= 15 is 0 Å². The zero-order chi connectivity index (χ0) is 13.9. The van der Waals surface area contributed by atoms with Gasteiger partial charge < -0.3 is 15.0 Å². The van der Waals surface area contributed by atoms with E-state index in [0.29, 0.717) is 5.41 Å². The van der Waals surface area contributed by atoms with Gasteiger partial charge in [-0.2, -0.15) is 0 Å². The van der Waals surface area contributed by atoms with Gasteiger partial charge in [0.15, 0.2) is 0 Å². The van der Waals surface area contributed by atoms with Gasteiger partial charge in [0.25, 0.3) is 0 Å². The lowest BCUT2D eigenvalue weighted by molar-refractivity contribution is 0.203. The Kier molecular flexibility index (Phi) is 4.48. The number of methoxy groups -OCH3 is 1. The molecule has 1 saturated heterocycles. The van der Waals surface area contributed by atoms with Gasteiger partial charge in [0.05, 0.1) is 7.11 Å². The van der Waals surface area contributed by atoms with Crippen LogP contribution in [-0.2, 0) is 6.54 Å². The Morgan fingerprint density at radius 2 is 2.21 bits per heavy atom. The van der Waals surface area contributed by atoms with Crippen LogP contribution in [0.15, 0.2) is 18.2 Å². The van der Waals surface area contributed by atoms with Gasteiger partial charge in [0.2, 0.25) is 0 Å². The molecule has 2 rings (SSSR count). The van der Waals surface area contributed by atoms with E-state index in [2.05, 4.69) is 49.3 Å². The van der Waals surface area contributed by atoms with Gasteiger partial charge in [0.1, 0.15) is 5.75 Å². The first-order chi connectivity index (χ1) is 9.02. The van der Waals surface area contributed by atoms with E-state index in [1.807, 2.05) is 0 Å². The maximum Gasteiger partial charge on any atom is 0.121 e. The van der Waals surface area contributed by atoms with Crippen LogP contribution in [0, 0.1) is 12.3 Å². The van der Waals surface area contributed by atoms with E-state index in [9.17, 15) is 0 Å². The molecule has 1 heterocycles. The van der Waals surface area contributed by atoms with E-state index in [1.54, 1.807) is 7.11 Å². The molecule has 0 saturated carbocycles. The molecule has 1 aliphatic heterocycles. The highest BCUT2D eigenvalue weighted by Gasteiger charge is 2.29. The molecule has 0 aliphatic carbocycles. The first-order valence-electron chi connectivity index (χ1n) is 7.05. The Hall–Kier alpha value is -1.06. The number of hydrogen-bond acceptors (Lipinski definition) is 3. The lowest BCUT2D eigenvalue weighted by Crippen LogP contribution is -2.34. The van der Waals surface area contributed by atoms with Crippen LogP contribution in [0.1, 0.15) is 24.5 Å². The summed E-state index contributed by atoms with van der Waals surface area (Å²) in [6.45, 7) is 8.92. The summed E-state index contributed by atoms with van der Waals surface area (Å²) in [4.78, 5) is 2.42. The molecular weight excluding hydrogens is 236 g/mol. The summed E-state index contributed by atoms with van der Waals surface area (Å²) < 4.78 is 5.31. The maximum atomic E-state index is 5.31. The number of nitrogens with zero attached hydrogens (tertiary/aromatic N) is 1. The Balaban J connectivity index is 1.95. The van der Waals surface area contributed by atoms with Gasteiger partial charge in [0, 0.05) is 19.6 Å². The van der Waals surface area contributed by atoms with Crippen molar-refractivity contribution in [3.8, 4) is 5.75 Å². The van der Waals surface area contributed by atoms with Crippen molar-refractivity contribution in [2.75, 3.05) is 33.8 Å². The summed E-state index contributed by atoms with van der Waals surface area (Å²) in [7, 11) is 3.94. The number of hydrogen-bond donors (Lipinski definition) is 1. The predicted octanol–water partition coefficient (Wildman–Crippen LogP) is 2.44. The van der Waals surface area contributed by atoms with Gasteiger partial charge in [-0.15, -0.1) is 0 Å². The summed E-state index contributed by atoms with van der Waals surface area (Å²) in [6, 6.07) is 6.46. The van der Waals surface area contributed by atoms with E-state index in [0.717, 1.165) is 31.9 Å². The summed E-state index contributed by atoms with van der Waals surface area (Å²) in [5.74, 6) is 0.971. The average Bonchev–Trinajstić information content (AvgIpc) is 2.75. The second-order valence-corrected chi connectivity index (χ2v) is 6.21. The van der Waals surface area contributed by atoms with Gasteiger partial charge in [-0.05, 0) is 49.5 Å². The summed E-state index contributed by atoms with van der Waals surface area (Å²) in [5, 5.41) is 3.46. The molecule has 1 aromatic carbocycles. The highest BCUT2D eigenvalue weighted by Crippen LogP contribution is 2.26. The minimum Gasteiger partial charge on any atom is -0.496 e. The largest absolute Gasteiger partial charge is 0.496 e. The molecule has 0 radical (unpaired) electrons. The quantitative estimate of drug-likeness (QED) is 0.882. The predicted molar refractivity (Wildman–Crippen MR) is 79.7 cm³/mol. The smallest absolute Gasteiger partial charge is 0.121 e. The highest BCUT2D eigenvalue weighted by atomic mass is 16.5. The van der Waals surface area contributed by atoms with Crippen molar-refractivity contribution >= 4 is 0 Å². The first-order valence-corrected chi connectivity index (χ1v) is 7.05. The fraction of sp³-hybridized carbons (Fsp3) is 0.625. The Bertz CT molecular complexity index is 425. The minimum absolute atomic E-state index is 0.427. The van der Waals surface area contributed by atoms with E-state index in [1.165, 1.54) is 17.5 Å². The molecule has 0 amide bonds. The molecule has 0 spiro atoms. The van der Waals surface area contributed by atoms with Crippen molar-refractivity contribution in [3.63, 3.8) is 0 Å². The fourth-order valence-corrected chi connectivity index (χ4v) is 3.06. The van der Waals surface area contributed by atoms with Gasteiger partial charge in [-0.3, -0.25) is 0 Å². The molecule has 1 N–H and O–H groups in total. The van der Waals surface area contributed by atoms with Crippen molar-refractivity contribution in [3.05, 3.63) is 29.3 Å². The molecule has 1 aromatic rings. The second kappa shape index (κ2) is 5.93. The molecular formula is C16H26N2O. The zero-order valence-corrected chi connectivity index (χ0v) is 12.6. The molecule has 0 bridgehead atoms. The average molecular weight is 262 g/mol. The number of ether oxygens (including phenoxy) is 1. The van der Waals surface area contributed by atoms with Crippen molar-refractivity contribution in [2.45, 2.75) is 26.8 Å². The van der Waals surface area contributed by atoms with Gasteiger partial charge >= 0.3 is 0 Å². The standard InChI is InChI=1S/C16H26N2O/c1-13-9-14(5-6-15(13)19-4)10-18(3)12-16(2)7-8-17-11-16/h5-6,9,17H,7-8,10-12H2,1-4H3. The molecule has 3 heteroatoms. The first kappa shape index (κ1) is 14.4. The maximum absolute atomic E-state index is 5.31. The molecule has 106 valence electrons. The summed E-state index contributed by atoms with van der Waals surface area (Å²) in [5.41, 5.74) is 2.99. The van der Waals surface area contributed by atoms with Crippen LogP contribution in [0.25, 0.3) is 0 Å². The van der Waals surface area contributed by atoms with Crippen LogP contribution < -0.4 is 10.1 Å². The summed E-state index contributed by atoms with van der Waals surface area (Å²) >= 11 is 0. The fourth-order valence-electron chi connectivity index (χ4n) is 3.06. The molecule has 1 fully saturated rings. The normalized spacial score (nSPS) is 23.0. The topological polar surface area (TPSA) is 24.5 Å². The van der Waals surface area contributed by atoms with E-state index < -0.39 is 0 Å². The number of benzene rings is 1. The number of nitrogens with one attached hydrogen (secondary N) is 1. The van der Waals surface area contributed by atoms with Gasteiger partial charge in [-0.25, -0.2) is 0 Å². The van der Waals surface area contributed by atoms with Crippen LogP contribution in [0.4, 0.5) is 0 Å². The Labute approximate surface area is 116 Å². The zero-order valence-electron chi connectivity index (χ0n) is 12.6. The Morgan fingerprint density at radius 3 is 2.79 bits per heavy atom.